The number of aliphatic hydroxyl groups excluding tert-OH is 1. The Labute approximate surface area is 68.0 Å². The van der Waals surface area contributed by atoms with E-state index in [0.29, 0.717) is 0 Å². The average Bonchev–Trinajstić information content (AvgIpc) is 2.25. The molecule has 3 nitrogen and oxygen atoms in total. The van der Waals surface area contributed by atoms with Crippen molar-refractivity contribution in [1.82, 2.24) is 4.90 Å². The van der Waals surface area contributed by atoms with E-state index in [4.69, 9.17) is 9.84 Å². The minimum atomic E-state index is -0.116. The van der Waals surface area contributed by atoms with E-state index in [1.807, 2.05) is 0 Å². The third kappa shape index (κ3) is 2.15. The molecule has 0 saturated carbocycles. The van der Waals surface area contributed by atoms with Crippen molar-refractivity contribution in [1.29, 1.82) is 0 Å². The molecule has 0 amide bonds. The minimum Gasteiger partial charge on any atom is -0.396 e. The number of hydrogen-bond acceptors (Lipinski definition) is 3. The second kappa shape index (κ2) is 3.52. The second-order valence-electron chi connectivity index (χ2n) is 3.36. The van der Waals surface area contributed by atoms with E-state index in [1.54, 1.807) is 0 Å². The summed E-state index contributed by atoms with van der Waals surface area (Å²) in [4.78, 5) is 2.25. The quantitative estimate of drug-likeness (QED) is 0.648. The van der Waals surface area contributed by atoms with Crippen molar-refractivity contribution in [3.8, 4) is 0 Å². The molecular weight excluding hydrogens is 142 g/mol. The van der Waals surface area contributed by atoms with Gasteiger partial charge in [-0.15, -0.1) is 0 Å². The number of aliphatic hydroxyl groups is 1. The minimum absolute atomic E-state index is 0.116. The molecule has 66 valence electrons. The van der Waals surface area contributed by atoms with E-state index in [-0.39, 0.29) is 12.3 Å². The van der Waals surface area contributed by atoms with Gasteiger partial charge in [-0.1, -0.05) is 0 Å². The first-order chi connectivity index (χ1) is 5.17. The Hall–Kier alpha value is -0.120. The zero-order valence-electron chi connectivity index (χ0n) is 7.34. The van der Waals surface area contributed by atoms with Crippen molar-refractivity contribution >= 4 is 0 Å². The summed E-state index contributed by atoms with van der Waals surface area (Å²) in [5.41, 5.74) is -0.116. The molecule has 11 heavy (non-hydrogen) atoms. The van der Waals surface area contributed by atoms with Crippen molar-refractivity contribution in [3.63, 3.8) is 0 Å². The molecule has 1 saturated heterocycles. The number of hydrogen-bond donors (Lipinski definition) is 1. The van der Waals surface area contributed by atoms with E-state index in [2.05, 4.69) is 18.7 Å². The Morgan fingerprint density at radius 1 is 1.55 bits per heavy atom. The lowest BCUT2D eigenvalue weighted by molar-refractivity contribution is -0.0511. The molecular formula is C8H17NO2. The molecule has 0 spiro atoms. The Morgan fingerprint density at radius 3 is 2.73 bits per heavy atom. The van der Waals surface area contributed by atoms with Crippen molar-refractivity contribution in [2.45, 2.75) is 26.0 Å². The van der Waals surface area contributed by atoms with Crippen LogP contribution in [0.2, 0.25) is 0 Å². The van der Waals surface area contributed by atoms with Gasteiger partial charge in [-0.05, 0) is 20.3 Å². The Morgan fingerprint density at radius 2 is 2.27 bits per heavy atom. The number of nitrogens with zero attached hydrogens (tertiary/aromatic N) is 1. The van der Waals surface area contributed by atoms with Gasteiger partial charge in [0.05, 0.1) is 6.61 Å². The van der Waals surface area contributed by atoms with Crippen molar-refractivity contribution < 1.29 is 9.84 Å². The lowest BCUT2D eigenvalue weighted by Gasteiger charge is -2.29. The number of ether oxygens (including phenoxy) is 1. The normalized spacial score (nSPS) is 24.3. The summed E-state index contributed by atoms with van der Waals surface area (Å²) < 4.78 is 5.49. The highest BCUT2D eigenvalue weighted by atomic mass is 16.5. The van der Waals surface area contributed by atoms with Crippen LogP contribution in [-0.2, 0) is 4.74 Å². The third-order valence-corrected chi connectivity index (χ3v) is 2.16. The van der Waals surface area contributed by atoms with E-state index >= 15 is 0 Å². The summed E-state index contributed by atoms with van der Waals surface area (Å²) in [5.74, 6) is 0. The van der Waals surface area contributed by atoms with Gasteiger partial charge in [0, 0.05) is 19.7 Å². The van der Waals surface area contributed by atoms with Gasteiger partial charge in [0.25, 0.3) is 0 Å². The average molecular weight is 159 g/mol. The van der Waals surface area contributed by atoms with Crippen LogP contribution < -0.4 is 0 Å². The first-order valence-electron chi connectivity index (χ1n) is 4.17. The molecule has 1 N–H and O–H groups in total. The fourth-order valence-corrected chi connectivity index (χ4v) is 1.41. The van der Waals surface area contributed by atoms with Gasteiger partial charge in [-0.25, -0.2) is 0 Å². The van der Waals surface area contributed by atoms with Gasteiger partial charge in [-0.3, -0.25) is 4.90 Å². The molecule has 1 aliphatic rings. The largest absolute Gasteiger partial charge is 0.396 e. The summed E-state index contributed by atoms with van der Waals surface area (Å²) in [6, 6.07) is 0. The van der Waals surface area contributed by atoms with Crippen LogP contribution >= 0.6 is 0 Å². The van der Waals surface area contributed by atoms with Crippen molar-refractivity contribution in [2.75, 3.05) is 26.3 Å². The first-order valence-corrected chi connectivity index (χ1v) is 4.17. The topological polar surface area (TPSA) is 32.7 Å². The van der Waals surface area contributed by atoms with E-state index in [1.165, 1.54) is 0 Å². The van der Waals surface area contributed by atoms with Crippen LogP contribution in [0.1, 0.15) is 20.3 Å². The highest BCUT2D eigenvalue weighted by molar-refractivity contribution is 4.77. The van der Waals surface area contributed by atoms with Gasteiger partial charge in [0.2, 0.25) is 0 Å². The van der Waals surface area contributed by atoms with E-state index in [0.717, 1.165) is 26.1 Å². The molecule has 1 rings (SSSR count). The van der Waals surface area contributed by atoms with Gasteiger partial charge >= 0.3 is 0 Å². The molecule has 0 aliphatic carbocycles. The Kier molecular flexibility index (Phi) is 2.87. The van der Waals surface area contributed by atoms with Gasteiger partial charge < -0.3 is 9.84 Å². The van der Waals surface area contributed by atoms with Crippen LogP contribution in [-0.4, -0.2) is 42.0 Å². The lowest BCUT2D eigenvalue weighted by atomic mass is 10.2. The van der Waals surface area contributed by atoms with Gasteiger partial charge in [0.15, 0.2) is 0 Å². The summed E-state index contributed by atoms with van der Waals surface area (Å²) in [6.45, 7) is 7.15. The second-order valence-corrected chi connectivity index (χ2v) is 3.36. The monoisotopic (exact) mass is 159 g/mol. The van der Waals surface area contributed by atoms with Crippen molar-refractivity contribution in [2.24, 2.45) is 0 Å². The summed E-state index contributed by atoms with van der Waals surface area (Å²) in [7, 11) is 0. The maximum atomic E-state index is 8.63. The molecule has 1 aliphatic heterocycles. The molecule has 1 fully saturated rings. The van der Waals surface area contributed by atoms with Crippen LogP contribution in [0.3, 0.4) is 0 Å². The molecule has 0 bridgehead atoms. The fourth-order valence-electron chi connectivity index (χ4n) is 1.41. The highest BCUT2D eigenvalue weighted by Gasteiger charge is 2.31. The smallest absolute Gasteiger partial charge is 0.116 e. The predicted octanol–water partition coefficient (Wildman–Crippen LogP) is 0.437. The van der Waals surface area contributed by atoms with E-state index < -0.39 is 0 Å². The molecule has 0 aromatic rings. The molecule has 1 heterocycles. The van der Waals surface area contributed by atoms with E-state index in [9.17, 15) is 0 Å². The molecule has 0 radical (unpaired) electrons. The van der Waals surface area contributed by atoms with Gasteiger partial charge in [-0.2, -0.15) is 0 Å². The van der Waals surface area contributed by atoms with Crippen LogP contribution in [0.5, 0.6) is 0 Å². The van der Waals surface area contributed by atoms with Crippen LogP contribution in [0.4, 0.5) is 0 Å². The summed E-state index contributed by atoms with van der Waals surface area (Å²) in [6.07, 6.45) is 0.840. The zero-order valence-corrected chi connectivity index (χ0v) is 7.34. The van der Waals surface area contributed by atoms with Gasteiger partial charge in [0.1, 0.15) is 5.72 Å². The Balaban J connectivity index is 2.32. The van der Waals surface area contributed by atoms with Crippen molar-refractivity contribution in [3.05, 3.63) is 0 Å². The first kappa shape index (κ1) is 8.97. The maximum Gasteiger partial charge on any atom is 0.116 e. The van der Waals surface area contributed by atoms with Crippen LogP contribution in [0, 0.1) is 0 Å². The summed E-state index contributed by atoms with van der Waals surface area (Å²) >= 11 is 0. The molecule has 0 aromatic carbocycles. The molecule has 0 aromatic heterocycles. The number of rotatable bonds is 3. The van der Waals surface area contributed by atoms with Crippen LogP contribution in [0.15, 0.2) is 0 Å². The Bertz CT molecular complexity index is 125. The predicted molar refractivity (Wildman–Crippen MR) is 43.3 cm³/mol. The SMILES string of the molecule is CC1(C)OCCN1CCCO. The lowest BCUT2D eigenvalue weighted by Crippen LogP contribution is -2.39. The third-order valence-electron chi connectivity index (χ3n) is 2.16. The van der Waals surface area contributed by atoms with Crippen LogP contribution in [0.25, 0.3) is 0 Å². The zero-order chi connectivity index (χ0) is 8.32. The standard InChI is InChI=1S/C8H17NO2/c1-8(2)9(4-3-6-10)5-7-11-8/h10H,3-7H2,1-2H3. The summed E-state index contributed by atoms with van der Waals surface area (Å²) in [5, 5.41) is 8.63. The fraction of sp³-hybridized carbons (Fsp3) is 1.00. The molecule has 0 unspecified atom stereocenters. The maximum absolute atomic E-state index is 8.63. The molecule has 0 atom stereocenters. The molecule has 3 heteroatoms. The highest BCUT2D eigenvalue weighted by Crippen LogP contribution is 2.21.